The first-order valence-corrected chi connectivity index (χ1v) is 6.56. The van der Waals surface area contributed by atoms with Crippen molar-refractivity contribution in [2.75, 3.05) is 0 Å². The number of esters is 1. The van der Waals surface area contributed by atoms with Crippen molar-refractivity contribution >= 4 is 5.97 Å². The van der Waals surface area contributed by atoms with Gasteiger partial charge in [-0.2, -0.15) is 0 Å². The van der Waals surface area contributed by atoms with E-state index in [-0.39, 0.29) is 5.97 Å². The first-order chi connectivity index (χ1) is 9.22. The fourth-order valence-corrected chi connectivity index (χ4v) is 3.00. The molecule has 0 radical (unpaired) electrons. The predicted molar refractivity (Wildman–Crippen MR) is 73.8 cm³/mol. The summed E-state index contributed by atoms with van der Waals surface area (Å²) in [6.45, 7) is 1.48. The maximum Gasteiger partial charge on any atom is 0.303 e. The summed E-state index contributed by atoms with van der Waals surface area (Å²) < 4.78 is 5.77. The average Bonchev–Trinajstić information content (AvgIpc) is 2.80. The van der Waals surface area contributed by atoms with E-state index in [1.807, 2.05) is 42.5 Å². The van der Waals surface area contributed by atoms with Gasteiger partial charge >= 0.3 is 5.97 Å². The summed E-state index contributed by atoms with van der Waals surface area (Å²) in [4.78, 5) is 11.6. The molecule has 0 N–H and O–H groups in total. The summed E-state index contributed by atoms with van der Waals surface area (Å²) in [7, 11) is 0. The number of fused-ring (bicyclic) bond motifs is 1. The Hall–Kier alpha value is -2.09. The molecule has 0 aliphatic heterocycles. The second-order valence-electron chi connectivity index (χ2n) is 4.94. The standard InChI is InChI=1S/C17H16O2/c1-13(18)19-17(15-8-3-2-4-9-15)12-11-14-7-5-6-10-16(14)17/h2-10H,11-12H2,1H3. The Morgan fingerprint density at radius 2 is 1.74 bits per heavy atom. The number of benzene rings is 2. The topological polar surface area (TPSA) is 26.3 Å². The smallest absolute Gasteiger partial charge is 0.303 e. The molecule has 2 aromatic carbocycles. The van der Waals surface area contributed by atoms with E-state index in [1.54, 1.807) is 0 Å². The minimum atomic E-state index is -0.607. The van der Waals surface area contributed by atoms with Gasteiger partial charge in [-0.25, -0.2) is 0 Å². The molecule has 1 aliphatic carbocycles. The molecule has 0 saturated carbocycles. The molecule has 0 heterocycles. The van der Waals surface area contributed by atoms with E-state index in [0.29, 0.717) is 0 Å². The lowest BCUT2D eigenvalue weighted by molar-refractivity contribution is -0.153. The fraction of sp³-hybridized carbons (Fsp3) is 0.235. The predicted octanol–water partition coefficient (Wildman–Crippen LogP) is 3.44. The highest BCUT2D eigenvalue weighted by Crippen LogP contribution is 2.45. The maximum atomic E-state index is 11.6. The van der Waals surface area contributed by atoms with Crippen molar-refractivity contribution in [1.82, 2.24) is 0 Å². The number of rotatable bonds is 2. The van der Waals surface area contributed by atoms with E-state index in [2.05, 4.69) is 12.1 Å². The van der Waals surface area contributed by atoms with Crippen LogP contribution in [0.1, 0.15) is 30.0 Å². The lowest BCUT2D eigenvalue weighted by Gasteiger charge is -2.30. The summed E-state index contributed by atoms with van der Waals surface area (Å²) in [6.07, 6.45) is 1.76. The van der Waals surface area contributed by atoms with Crippen LogP contribution in [0.2, 0.25) is 0 Å². The Bertz CT molecular complexity index is 604. The molecule has 0 saturated heterocycles. The van der Waals surface area contributed by atoms with Crippen LogP contribution in [0.15, 0.2) is 54.6 Å². The highest BCUT2D eigenvalue weighted by molar-refractivity contribution is 5.68. The molecule has 0 amide bonds. The van der Waals surface area contributed by atoms with Crippen LogP contribution in [0.5, 0.6) is 0 Å². The van der Waals surface area contributed by atoms with Crippen LogP contribution in [0.4, 0.5) is 0 Å². The Balaban J connectivity index is 2.17. The van der Waals surface area contributed by atoms with Crippen LogP contribution in [0, 0.1) is 0 Å². The lowest BCUT2D eigenvalue weighted by Crippen LogP contribution is -2.30. The Kier molecular flexibility index (Phi) is 2.86. The molecule has 3 rings (SSSR count). The van der Waals surface area contributed by atoms with E-state index in [0.717, 1.165) is 24.0 Å². The Morgan fingerprint density at radius 1 is 1.05 bits per heavy atom. The molecule has 96 valence electrons. The lowest BCUT2D eigenvalue weighted by atomic mass is 9.87. The Morgan fingerprint density at radius 3 is 2.47 bits per heavy atom. The van der Waals surface area contributed by atoms with Gasteiger partial charge in [0.25, 0.3) is 0 Å². The van der Waals surface area contributed by atoms with E-state index in [1.165, 1.54) is 12.5 Å². The SMILES string of the molecule is CC(=O)OC1(c2ccccc2)CCc2ccccc21. The second-order valence-corrected chi connectivity index (χ2v) is 4.94. The number of hydrogen-bond acceptors (Lipinski definition) is 2. The van der Waals surface area contributed by atoms with Crippen LogP contribution >= 0.6 is 0 Å². The molecule has 0 fully saturated rings. The highest BCUT2D eigenvalue weighted by Gasteiger charge is 2.43. The van der Waals surface area contributed by atoms with E-state index in [4.69, 9.17) is 4.74 Å². The van der Waals surface area contributed by atoms with Gasteiger partial charge in [0.1, 0.15) is 0 Å². The first kappa shape index (κ1) is 12.0. The molecule has 0 spiro atoms. The largest absolute Gasteiger partial charge is 0.449 e. The summed E-state index contributed by atoms with van der Waals surface area (Å²) in [5.74, 6) is -0.236. The zero-order valence-electron chi connectivity index (χ0n) is 10.9. The summed E-state index contributed by atoms with van der Waals surface area (Å²) in [6, 6.07) is 18.2. The van der Waals surface area contributed by atoms with Crippen molar-refractivity contribution in [3.8, 4) is 0 Å². The van der Waals surface area contributed by atoms with Gasteiger partial charge in [0.15, 0.2) is 5.60 Å². The van der Waals surface area contributed by atoms with Crippen molar-refractivity contribution in [1.29, 1.82) is 0 Å². The van der Waals surface area contributed by atoms with Crippen molar-refractivity contribution in [2.24, 2.45) is 0 Å². The zero-order chi connectivity index (χ0) is 13.3. The van der Waals surface area contributed by atoms with Crippen molar-refractivity contribution in [3.05, 3.63) is 71.3 Å². The van der Waals surface area contributed by atoms with Gasteiger partial charge in [-0.3, -0.25) is 4.79 Å². The summed E-state index contributed by atoms with van der Waals surface area (Å²) in [5.41, 5.74) is 2.84. The molecule has 2 aromatic rings. The number of carbonyl (C=O) groups excluding carboxylic acids is 1. The third-order valence-corrected chi connectivity index (χ3v) is 3.76. The number of carbonyl (C=O) groups is 1. The third-order valence-electron chi connectivity index (χ3n) is 3.76. The van der Waals surface area contributed by atoms with Gasteiger partial charge in [0, 0.05) is 18.1 Å². The zero-order valence-corrected chi connectivity index (χ0v) is 10.9. The van der Waals surface area contributed by atoms with Crippen molar-refractivity contribution in [2.45, 2.75) is 25.4 Å². The molecule has 0 bridgehead atoms. The molecule has 0 aromatic heterocycles. The molecule has 1 atom stereocenters. The maximum absolute atomic E-state index is 11.6. The monoisotopic (exact) mass is 252 g/mol. The Labute approximate surface area is 113 Å². The van der Waals surface area contributed by atoms with Gasteiger partial charge in [-0.05, 0) is 18.4 Å². The van der Waals surface area contributed by atoms with E-state index in [9.17, 15) is 4.79 Å². The van der Waals surface area contributed by atoms with Gasteiger partial charge < -0.3 is 4.74 Å². The van der Waals surface area contributed by atoms with Gasteiger partial charge in [0.05, 0.1) is 0 Å². The number of aryl methyl sites for hydroxylation is 1. The summed E-state index contributed by atoms with van der Waals surface area (Å²) >= 11 is 0. The van der Waals surface area contributed by atoms with Crippen LogP contribution in [0.25, 0.3) is 0 Å². The summed E-state index contributed by atoms with van der Waals surface area (Å²) in [5, 5.41) is 0. The second kappa shape index (κ2) is 4.54. The van der Waals surface area contributed by atoms with Crippen LogP contribution in [-0.4, -0.2) is 5.97 Å². The highest BCUT2D eigenvalue weighted by atomic mass is 16.6. The third kappa shape index (κ3) is 1.93. The first-order valence-electron chi connectivity index (χ1n) is 6.56. The molecular formula is C17H16O2. The van der Waals surface area contributed by atoms with Gasteiger partial charge in [-0.1, -0.05) is 54.6 Å². The molecule has 1 aliphatic rings. The molecule has 2 nitrogen and oxygen atoms in total. The van der Waals surface area contributed by atoms with Gasteiger partial charge in [0.2, 0.25) is 0 Å². The molecule has 19 heavy (non-hydrogen) atoms. The van der Waals surface area contributed by atoms with E-state index >= 15 is 0 Å². The number of hydrogen-bond donors (Lipinski definition) is 0. The van der Waals surface area contributed by atoms with Crippen LogP contribution in [-0.2, 0) is 21.6 Å². The average molecular weight is 252 g/mol. The van der Waals surface area contributed by atoms with Gasteiger partial charge in [-0.15, -0.1) is 0 Å². The molecule has 2 heteroatoms. The minimum Gasteiger partial charge on any atom is -0.449 e. The molecule has 1 unspecified atom stereocenters. The van der Waals surface area contributed by atoms with Crippen molar-refractivity contribution in [3.63, 3.8) is 0 Å². The molecular weight excluding hydrogens is 236 g/mol. The number of ether oxygens (including phenoxy) is 1. The fourth-order valence-electron chi connectivity index (χ4n) is 3.00. The van der Waals surface area contributed by atoms with E-state index < -0.39 is 5.60 Å². The minimum absolute atomic E-state index is 0.236. The normalized spacial score (nSPS) is 20.9. The van der Waals surface area contributed by atoms with Crippen LogP contribution in [0.3, 0.4) is 0 Å². The van der Waals surface area contributed by atoms with Crippen molar-refractivity contribution < 1.29 is 9.53 Å². The van der Waals surface area contributed by atoms with Crippen LogP contribution < -0.4 is 0 Å². The quantitative estimate of drug-likeness (QED) is 0.765.